The lowest BCUT2D eigenvalue weighted by molar-refractivity contribution is -0.139. The summed E-state index contributed by atoms with van der Waals surface area (Å²) >= 11 is 0. The number of carbonyl (C=O) groups excluding carboxylic acids is 2. The van der Waals surface area contributed by atoms with Crippen LogP contribution in [0.5, 0.6) is 5.75 Å². The van der Waals surface area contributed by atoms with Gasteiger partial charge in [-0.3, -0.25) is 4.79 Å². The van der Waals surface area contributed by atoms with Crippen LogP contribution in [0.25, 0.3) is 0 Å². The molecule has 0 radical (unpaired) electrons. The lowest BCUT2D eigenvalue weighted by atomic mass is 9.76. The Morgan fingerprint density at radius 1 is 1.29 bits per heavy atom. The summed E-state index contributed by atoms with van der Waals surface area (Å²) in [6.07, 6.45) is 2.21. The van der Waals surface area contributed by atoms with E-state index >= 15 is 0 Å². The molecule has 1 aromatic rings. The van der Waals surface area contributed by atoms with Gasteiger partial charge in [0, 0.05) is 17.4 Å². The van der Waals surface area contributed by atoms with E-state index in [1.54, 1.807) is 13.0 Å². The Morgan fingerprint density at radius 3 is 2.50 bits per heavy atom. The largest absolute Gasteiger partial charge is 0.482 e. The summed E-state index contributed by atoms with van der Waals surface area (Å²) in [5.41, 5.74) is 2.73. The first-order chi connectivity index (χ1) is 11.2. The van der Waals surface area contributed by atoms with E-state index in [0.717, 1.165) is 22.3 Å². The molecular formula is C19H24O5. The molecule has 130 valence electrons. The Kier molecular flexibility index (Phi) is 5.11. The molecule has 1 aromatic carbocycles. The molecule has 0 spiro atoms. The van der Waals surface area contributed by atoms with Gasteiger partial charge in [-0.1, -0.05) is 6.92 Å². The Hall–Kier alpha value is -2.17. The van der Waals surface area contributed by atoms with Gasteiger partial charge in [0.1, 0.15) is 11.5 Å². The molecule has 2 rings (SSSR count). The molecule has 1 unspecified atom stereocenters. The molecule has 1 atom stereocenters. The van der Waals surface area contributed by atoms with Gasteiger partial charge >= 0.3 is 5.97 Å². The Morgan fingerprint density at radius 2 is 1.96 bits per heavy atom. The maximum Gasteiger partial charge on any atom is 0.341 e. The minimum atomic E-state index is -1.03. The highest BCUT2D eigenvalue weighted by molar-refractivity contribution is 6.06. The Labute approximate surface area is 142 Å². The van der Waals surface area contributed by atoms with Gasteiger partial charge in [-0.05, 0) is 62.8 Å². The number of carbonyl (C=O) groups is 3. The third kappa shape index (κ3) is 3.21. The second kappa shape index (κ2) is 6.75. The molecule has 5 nitrogen and oxygen atoms in total. The third-order valence-corrected chi connectivity index (χ3v) is 5.15. The van der Waals surface area contributed by atoms with Crippen LogP contribution in [0.15, 0.2) is 6.07 Å². The van der Waals surface area contributed by atoms with Crippen molar-refractivity contribution in [3.05, 3.63) is 28.3 Å². The van der Waals surface area contributed by atoms with E-state index in [0.29, 0.717) is 31.4 Å². The van der Waals surface area contributed by atoms with Crippen molar-refractivity contribution in [2.75, 3.05) is 6.61 Å². The summed E-state index contributed by atoms with van der Waals surface area (Å²) in [6, 6.07) is 1.80. The summed E-state index contributed by atoms with van der Waals surface area (Å²) in [5, 5.41) is 8.80. The van der Waals surface area contributed by atoms with Crippen LogP contribution in [0, 0.1) is 19.3 Å². The van der Waals surface area contributed by atoms with Crippen molar-refractivity contribution in [1.82, 2.24) is 0 Å². The second-order valence-electron chi connectivity index (χ2n) is 6.68. The number of fused-ring (bicyclic) bond motifs is 1. The number of carboxylic acids is 1. The van der Waals surface area contributed by atoms with E-state index in [2.05, 4.69) is 0 Å². The third-order valence-electron chi connectivity index (χ3n) is 5.15. The number of ketones is 2. The lowest BCUT2D eigenvalue weighted by Crippen LogP contribution is -2.28. The minimum Gasteiger partial charge on any atom is -0.482 e. The molecule has 0 saturated carbocycles. The normalized spacial score (nSPS) is 19.2. The van der Waals surface area contributed by atoms with Crippen molar-refractivity contribution in [2.45, 2.75) is 53.4 Å². The molecule has 0 amide bonds. The molecule has 0 bridgehead atoms. The molecule has 1 N–H and O–H groups in total. The second-order valence-corrected chi connectivity index (χ2v) is 6.68. The van der Waals surface area contributed by atoms with Crippen LogP contribution in [-0.2, 0) is 16.0 Å². The summed E-state index contributed by atoms with van der Waals surface area (Å²) in [5.74, 6) is -0.329. The monoisotopic (exact) mass is 332 g/mol. The van der Waals surface area contributed by atoms with Gasteiger partial charge in [0.15, 0.2) is 12.4 Å². The molecule has 1 aliphatic carbocycles. The molecule has 5 heteroatoms. The van der Waals surface area contributed by atoms with Crippen molar-refractivity contribution in [3.8, 4) is 5.75 Å². The van der Waals surface area contributed by atoms with Gasteiger partial charge < -0.3 is 14.6 Å². The van der Waals surface area contributed by atoms with Crippen LogP contribution in [0.4, 0.5) is 0 Å². The molecule has 1 aliphatic rings. The molecule has 24 heavy (non-hydrogen) atoms. The predicted molar refractivity (Wildman–Crippen MR) is 89.7 cm³/mol. The molecule has 0 heterocycles. The van der Waals surface area contributed by atoms with E-state index in [4.69, 9.17) is 9.84 Å². The highest BCUT2D eigenvalue weighted by atomic mass is 16.5. The van der Waals surface area contributed by atoms with Crippen molar-refractivity contribution in [3.63, 3.8) is 0 Å². The number of carboxylic acid groups (broad SMARTS) is 1. The summed E-state index contributed by atoms with van der Waals surface area (Å²) < 4.78 is 5.37. The molecule has 0 fully saturated rings. The molecule has 0 saturated heterocycles. The Balaban J connectivity index is 2.41. The topological polar surface area (TPSA) is 80.7 Å². The van der Waals surface area contributed by atoms with Crippen molar-refractivity contribution in [1.29, 1.82) is 0 Å². The van der Waals surface area contributed by atoms with Crippen LogP contribution in [0.3, 0.4) is 0 Å². The fraction of sp³-hybridized carbons (Fsp3) is 0.526. The molecule has 0 aromatic heterocycles. The first-order valence-electron chi connectivity index (χ1n) is 8.23. The van der Waals surface area contributed by atoms with Gasteiger partial charge in [-0.15, -0.1) is 0 Å². The molecular weight excluding hydrogens is 308 g/mol. The SMILES string of the molecule is CCC1(CCC(C)=O)Cc2cc(OCC(=O)O)c(C)c(C)c2C1=O. The van der Waals surface area contributed by atoms with E-state index in [1.165, 1.54) is 0 Å². The zero-order valence-electron chi connectivity index (χ0n) is 14.7. The lowest BCUT2D eigenvalue weighted by Gasteiger charge is -2.25. The van der Waals surface area contributed by atoms with Crippen molar-refractivity contribution >= 4 is 17.5 Å². The molecule has 0 aliphatic heterocycles. The Bertz CT molecular complexity index is 704. The van der Waals surface area contributed by atoms with Gasteiger partial charge in [-0.2, -0.15) is 0 Å². The number of rotatable bonds is 7. The minimum absolute atomic E-state index is 0.0879. The zero-order chi connectivity index (χ0) is 18.1. The fourth-order valence-electron chi connectivity index (χ4n) is 3.49. The number of hydrogen-bond donors (Lipinski definition) is 1. The van der Waals surface area contributed by atoms with Crippen LogP contribution in [0.1, 0.15) is 60.2 Å². The van der Waals surface area contributed by atoms with Gasteiger partial charge in [0.25, 0.3) is 0 Å². The van der Waals surface area contributed by atoms with Gasteiger partial charge in [-0.25, -0.2) is 4.79 Å². The standard InChI is InChI=1S/C19H24O5/c1-5-19(7-6-11(2)20)9-14-8-15(24-10-16(21)22)12(3)13(4)17(14)18(19)23/h8H,5-7,9-10H2,1-4H3,(H,21,22). The van der Waals surface area contributed by atoms with E-state index < -0.39 is 18.0 Å². The van der Waals surface area contributed by atoms with Crippen LogP contribution >= 0.6 is 0 Å². The maximum atomic E-state index is 13.1. The highest BCUT2D eigenvalue weighted by Gasteiger charge is 2.45. The van der Waals surface area contributed by atoms with E-state index in [1.807, 2.05) is 20.8 Å². The number of hydrogen-bond acceptors (Lipinski definition) is 4. The zero-order valence-corrected chi connectivity index (χ0v) is 14.7. The van der Waals surface area contributed by atoms with E-state index in [9.17, 15) is 14.4 Å². The highest BCUT2D eigenvalue weighted by Crippen LogP contribution is 2.46. The van der Waals surface area contributed by atoms with Crippen LogP contribution in [-0.4, -0.2) is 29.2 Å². The van der Waals surface area contributed by atoms with Crippen molar-refractivity contribution < 1.29 is 24.2 Å². The van der Waals surface area contributed by atoms with Crippen LogP contribution < -0.4 is 4.74 Å². The summed E-state index contributed by atoms with van der Waals surface area (Å²) in [7, 11) is 0. The fourth-order valence-corrected chi connectivity index (χ4v) is 3.49. The summed E-state index contributed by atoms with van der Waals surface area (Å²) in [4.78, 5) is 35.2. The average molecular weight is 332 g/mol. The maximum absolute atomic E-state index is 13.1. The average Bonchev–Trinajstić information content (AvgIpc) is 2.80. The first-order valence-corrected chi connectivity index (χ1v) is 8.23. The van der Waals surface area contributed by atoms with Gasteiger partial charge in [0.2, 0.25) is 0 Å². The smallest absolute Gasteiger partial charge is 0.341 e. The first kappa shape index (κ1) is 18.2. The predicted octanol–water partition coefficient (Wildman–Crippen LogP) is 3.27. The number of Topliss-reactive ketones (excluding diaryl/α,β-unsaturated/α-hetero) is 2. The van der Waals surface area contributed by atoms with Gasteiger partial charge in [0.05, 0.1) is 0 Å². The number of aliphatic carboxylic acids is 1. The number of benzene rings is 1. The quantitative estimate of drug-likeness (QED) is 0.829. The number of ether oxygens (including phenoxy) is 1. The van der Waals surface area contributed by atoms with E-state index in [-0.39, 0.29) is 11.6 Å². The summed E-state index contributed by atoms with van der Waals surface area (Å²) in [6.45, 7) is 6.82. The van der Waals surface area contributed by atoms with Crippen molar-refractivity contribution in [2.24, 2.45) is 5.41 Å². The van der Waals surface area contributed by atoms with Crippen LogP contribution in [0.2, 0.25) is 0 Å².